The van der Waals surface area contributed by atoms with Crippen molar-refractivity contribution >= 4 is 36.1 Å². The number of urea groups is 1. The van der Waals surface area contributed by atoms with Gasteiger partial charge in [0.05, 0.1) is 17.3 Å². The van der Waals surface area contributed by atoms with E-state index in [4.69, 9.17) is 17.2 Å². The van der Waals surface area contributed by atoms with Crippen LogP contribution in [-0.2, 0) is 16.0 Å². The minimum Gasteiger partial charge on any atom is -0.338 e. The predicted molar refractivity (Wildman–Crippen MR) is 149 cm³/mol. The maximum absolute atomic E-state index is 12.7. The minimum atomic E-state index is -0.965. The molecule has 1 aromatic carbocycles. The zero-order chi connectivity index (χ0) is 27.6. The number of nitrogens with two attached hydrogens (primary N) is 3. The highest BCUT2D eigenvalue weighted by Gasteiger charge is 2.32. The van der Waals surface area contributed by atoms with Crippen LogP contribution >= 0.6 is 12.4 Å². The largest absolute Gasteiger partial charge is 0.354 e. The van der Waals surface area contributed by atoms with Gasteiger partial charge >= 0.3 is 11.7 Å². The number of benzene rings is 1. The first-order valence-electron chi connectivity index (χ1n) is 12.6. The number of piperazine rings is 1. The van der Waals surface area contributed by atoms with Crippen molar-refractivity contribution in [1.29, 1.82) is 0 Å². The fraction of sp³-hybridized carbons (Fsp3) is 0.480. The lowest BCUT2D eigenvalue weighted by Gasteiger charge is -2.38. The lowest BCUT2D eigenvalue weighted by atomic mass is 10.0. The third kappa shape index (κ3) is 7.12. The van der Waals surface area contributed by atoms with Gasteiger partial charge in [-0.2, -0.15) is 4.98 Å². The van der Waals surface area contributed by atoms with Gasteiger partial charge in [0.2, 0.25) is 11.8 Å². The van der Waals surface area contributed by atoms with Gasteiger partial charge in [-0.1, -0.05) is 12.1 Å². The van der Waals surface area contributed by atoms with Crippen molar-refractivity contribution in [1.82, 2.24) is 24.3 Å². The van der Waals surface area contributed by atoms with Crippen LogP contribution < -0.4 is 28.2 Å². The predicted octanol–water partition coefficient (Wildman–Crippen LogP) is -0.893. The van der Waals surface area contributed by atoms with Crippen LogP contribution in [0.2, 0.25) is 0 Å². The highest BCUT2D eigenvalue weighted by Crippen LogP contribution is 2.14. The molecule has 14 heteroatoms. The lowest BCUT2D eigenvalue weighted by molar-refractivity contribution is -0.137. The molecular weight excluding hydrogens is 526 g/mol. The summed E-state index contributed by atoms with van der Waals surface area (Å²) in [5.41, 5.74) is 17.6. The average molecular weight is 562 g/mol. The van der Waals surface area contributed by atoms with Gasteiger partial charge in [-0.3, -0.25) is 19.5 Å². The van der Waals surface area contributed by atoms with Gasteiger partial charge in [0.1, 0.15) is 5.82 Å². The van der Waals surface area contributed by atoms with Crippen molar-refractivity contribution in [2.45, 2.75) is 37.9 Å². The molecule has 3 heterocycles. The van der Waals surface area contributed by atoms with Crippen LogP contribution in [0.15, 0.2) is 41.3 Å². The summed E-state index contributed by atoms with van der Waals surface area (Å²) in [5, 5.41) is 2.64. The molecule has 4 rings (SSSR count). The number of hydrogen-bond donors (Lipinski definition) is 4. The zero-order valence-corrected chi connectivity index (χ0v) is 22.9. The zero-order valence-electron chi connectivity index (χ0n) is 22.1. The van der Waals surface area contributed by atoms with Gasteiger partial charge in [0.25, 0.3) is 0 Å². The number of rotatable bonds is 6. The van der Waals surface area contributed by atoms with E-state index in [1.54, 1.807) is 40.7 Å². The van der Waals surface area contributed by atoms with E-state index in [0.29, 0.717) is 51.4 Å². The second kappa shape index (κ2) is 12.1. The standard InChI is InChI=1S/C25H35N9O4.ClH/c1-25(2,28)22(36)31-9-11-32(12-10-31)23(37)29-20-7-8-34(24(38)30-20)18-5-3-16(4-6-18)13-19(27)21(35)33-14-17(26)15-33;/h3-8,17,19H,9-15,26-28H2,1-2H3,(H,29,30,37,38);1H. The summed E-state index contributed by atoms with van der Waals surface area (Å²) in [6.45, 7) is 5.81. The summed E-state index contributed by atoms with van der Waals surface area (Å²) in [6, 6.07) is 7.62. The first-order chi connectivity index (χ1) is 17.9. The summed E-state index contributed by atoms with van der Waals surface area (Å²) in [6.07, 6.45) is 1.90. The number of nitrogens with zero attached hydrogens (tertiary/aromatic N) is 5. The third-order valence-electron chi connectivity index (χ3n) is 6.65. The van der Waals surface area contributed by atoms with Crippen molar-refractivity contribution in [2.24, 2.45) is 17.2 Å². The van der Waals surface area contributed by atoms with E-state index in [1.807, 2.05) is 12.1 Å². The molecule has 7 N–H and O–H groups in total. The van der Waals surface area contributed by atoms with Crippen molar-refractivity contribution in [3.63, 3.8) is 0 Å². The molecule has 4 amide bonds. The molecular formula is C25H36ClN9O4. The Morgan fingerprint density at radius 3 is 2.15 bits per heavy atom. The lowest BCUT2D eigenvalue weighted by Crippen LogP contribution is -2.61. The SMILES string of the molecule is CC(C)(N)C(=O)N1CCN(C(=O)Nc2ccn(-c3ccc(CC(N)C(=O)N4CC(N)C4)cc3)c(=O)n2)CC1.Cl. The Bertz CT molecular complexity index is 1250. The van der Waals surface area contributed by atoms with Crippen molar-refractivity contribution in [3.8, 4) is 5.69 Å². The molecule has 1 aromatic heterocycles. The molecule has 0 radical (unpaired) electrons. The second-order valence-electron chi connectivity index (χ2n) is 10.4. The number of carbonyl (C=O) groups excluding carboxylic acids is 3. The number of aromatic nitrogens is 2. The smallest absolute Gasteiger partial charge is 0.338 e. The Morgan fingerprint density at radius 2 is 1.62 bits per heavy atom. The van der Waals surface area contributed by atoms with Crippen molar-refractivity contribution in [3.05, 3.63) is 52.6 Å². The Labute approximate surface area is 232 Å². The molecule has 0 bridgehead atoms. The maximum Gasteiger partial charge on any atom is 0.354 e. The molecule has 0 aliphatic carbocycles. The first-order valence-corrected chi connectivity index (χ1v) is 12.6. The molecule has 2 aliphatic rings. The summed E-state index contributed by atoms with van der Waals surface area (Å²) >= 11 is 0. The van der Waals surface area contributed by atoms with Crippen molar-refractivity contribution < 1.29 is 14.4 Å². The Balaban J connectivity index is 0.00000420. The first kappa shape index (κ1) is 30.0. The Morgan fingerprint density at radius 1 is 1.03 bits per heavy atom. The Kier molecular flexibility index (Phi) is 9.33. The number of likely N-dealkylation sites (tertiary alicyclic amines) is 1. The summed E-state index contributed by atoms with van der Waals surface area (Å²) in [7, 11) is 0. The van der Waals surface area contributed by atoms with Crippen LogP contribution in [0.1, 0.15) is 19.4 Å². The van der Waals surface area contributed by atoms with Crippen LogP contribution in [0.5, 0.6) is 0 Å². The molecule has 2 aliphatic heterocycles. The van der Waals surface area contributed by atoms with Gasteiger partial charge in [0, 0.05) is 51.5 Å². The molecule has 2 aromatic rings. The minimum absolute atomic E-state index is 0. The van der Waals surface area contributed by atoms with E-state index in [-0.39, 0.29) is 36.1 Å². The molecule has 0 spiro atoms. The number of halogens is 1. The van der Waals surface area contributed by atoms with Gasteiger partial charge in [0.15, 0.2) is 0 Å². The number of amides is 4. The number of anilines is 1. The summed E-state index contributed by atoms with van der Waals surface area (Å²) in [5.74, 6) is -0.155. The van der Waals surface area contributed by atoms with E-state index in [9.17, 15) is 19.2 Å². The van der Waals surface area contributed by atoms with Gasteiger partial charge in [-0.05, 0) is 44.0 Å². The topological polar surface area (TPSA) is 186 Å². The summed E-state index contributed by atoms with van der Waals surface area (Å²) in [4.78, 5) is 58.8. The molecule has 2 saturated heterocycles. The van der Waals surface area contributed by atoms with Crippen LogP contribution in [0.25, 0.3) is 5.69 Å². The van der Waals surface area contributed by atoms with E-state index in [1.165, 1.54) is 16.8 Å². The molecule has 2 fully saturated rings. The molecule has 13 nitrogen and oxygen atoms in total. The van der Waals surface area contributed by atoms with E-state index >= 15 is 0 Å². The third-order valence-corrected chi connectivity index (χ3v) is 6.65. The number of hydrogen-bond acceptors (Lipinski definition) is 8. The van der Waals surface area contributed by atoms with Gasteiger partial charge in [-0.25, -0.2) is 9.59 Å². The number of carbonyl (C=O) groups is 3. The van der Waals surface area contributed by atoms with Gasteiger partial charge < -0.3 is 31.9 Å². The Hall–Kier alpha value is -3.52. The van der Waals surface area contributed by atoms with E-state index < -0.39 is 23.3 Å². The van der Waals surface area contributed by atoms with Crippen LogP contribution in [-0.4, -0.2) is 99.0 Å². The van der Waals surface area contributed by atoms with E-state index in [0.717, 1.165) is 5.56 Å². The quantitative estimate of drug-likeness (QED) is 0.349. The fourth-order valence-corrected chi connectivity index (χ4v) is 4.44. The fourth-order valence-electron chi connectivity index (χ4n) is 4.44. The van der Waals surface area contributed by atoms with Crippen LogP contribution in [0.4, 0.5) is 10.6 Å². The van der Waals surface area contributed by atoms with E-state index in [2.05, 4.69) is 10.3 Å². The van der Waals surface area contributed by atoms with Crippen LogP contribution in [0.3, 0.4) is 0 Å². The molecule has 39 heavy (non-hydrogen) atoms. The molecule has 0 saturated carbocycles. The van der Waals surface area contributed by atoms with Crippen molar-refractivity contribution in [2.75, 3.05) is 44.6 Å². The normalized spacial score (nSPS) is 16.7. The molecule has 1 unspecified atom stereocenters. The molecule has 1 atom stereocenters. The van der Waals surface area contributed by atoms with Gasteiger partial charge in [-0.15, -0.1) is 12.4 Å². The average Bonchev–Trinajstić information content (AvgIpc) is 2.86. The summed E-state index contributed by atoms with van der Waals surface area (Å²) < 4.78 is 1.35. The monoisotopic (exact) mass is 561 g/mol. The number of nitrogens with one attached hydrogen (secondary N) is 1. The highest BCUT2D eigenvalue weighted by molar-refractivity contribution is 5.89. The second-order valence-corrected chi connectivity index (χ2v) is 10.4. The molecule has 212 valence electrons. The maximum atomic E-state index is 12.7. The van der Waals surface area contributed by atoms with Crippen LogP contribution in [0, 0.1) is 0 Å². The highest BCUT2D eigenvalue weighted by atomic mass is 35.5.